The number of hydrogen-bond donors (Lipinski definition) is 0. The van der Waals surface area contributed by atoms with E-state index < -0.39 is 0 Å². The van der Waals surface area contributed by atoms with Gasteiger partial charge in [0.05, 0.1) is 17.9 Å². The second kappa shape index (κ2) is 5.68. The maximum absolute atomic E-state index is 12.1. The van der Waals surface area contributed by atoms with Crippen molar-refractivity contribution in [2.75, 3.05) is 6.61 Å². The van der Waals surface area contributed by atoms with Crippen LogP contribution in [0.2, 0.25) is 0 Å². The fourth-order valence-electron chi connectivity index (χ4n) is 2.70. The highest BCUT2D eigenvalue weighted by atomic mass is 16.5. The van der Waals surface area contributed by atoms with E-state index in [1.54, 1.807) is 10.9 Å². The molecule has 0 aromatic carbocycles. The van der Waals surface area contributed by atoms with E-state index >= 15 is 0 Å². The van der Waals surface area contributed by atoms with Gasteiger partial charge in [-0.05, 0) is 38.2 Å². The van der Waals surface area contributed by atoms with Crippen LogP contribution in [0.5, 0.6) is 0 Å². The van der Waals surface area contributed by atoms with Crippen molar-refractivity contribution in [3.8, 4) is 0 Å². The Morgan fingerprint density at radius 3 is 3.10 bits per heavy atom. The van der Waals surface area contributed by atoms with Gasteiger partial charge in [0, 0.05) is 18.6 Å². The molecule has 0 fully saturated rings. The van der Waals surface area contributed by atoms with Gasteiger partial charge in [-0.25, -0.2) is 9.78 Å². The SMILES string of the molecule is Cc1nn(C)c2ncc(C(=O)OCC3CC=CCC3)cc12. The number of pyridine rings is 1. The summed E-state index contributed by atoms with van der Waals surface area (Å²) < 4.78 is 7.14. The van der Waals surface area contributed by atoms with E-state index in [0.717, 1.165) is 36.0 Å². The van der Waals surface area contributed by atoms with Crippen molar-refractivity contribution in [2.24, 2.45) is 13.0 Å². The molecule has 0 bridgehead atoms. The summed E-state index contributed by atoms with van der Waals surface area (Å²) in [4.78, 5) is 16.4. The smallest absolute Gasteiger partial charge is 0.339 e. The maximum atomic E-state index is 12.1. The molecule has 0 spiro atoms. The minimum atomic E-state index is -0.304. The lowest BCUT2D eigenvalue weighted by atomic mass is 9.95. The Morgan fingerprint density at radius 2 is 2.33 bits per heavy atom. The fourth-order valence-corrected chi connectivity index (χ4v) is 2.70. The molecule has 0 amide bonds. The van der Waals surface area contributed by atoms with E-state index in [0.29, 0.717) is 18.1 Å². The fraction of sp³-hybridized carbons (Fsp3) is 0.438. The summed E-state index contributed by atoms with van der Waals surface area (Å²) in [6.07, 6.45) is 9.06. The maximum Gasteiger partial charge on any atom is 0.339 e. The molecule has 5 heteroatoms. The highest BCUT2D eigenvalue weighted by Crippen LogP contribution is 2.20. The molecule has 2 heterocycles. The van der Waals surface area contributed by atoms with E-state index in [1.165, 1.54) is 0 Å². The molecule has 0 N–H and O–H groups in total. The van der Waals surface area contributed by atoms with E-state index in [9.17, 15) is 4.79 Å². The van der Waals surface area contributed by atoms with Gasteiger partial charge in [0.1, 0.15) is 0 Å². The highest BCUT2D eigenvalue weighted by molar-refractivity contribution is 5.93. The molecule has 2 aromatic rings. The summed E-state index contributed by atoms with van der Waals surface area (Å²) in [5.41, 5.74) is 2.14. The monoisotopic (exact) mass is 285 g/mol. The zero-order chi connectivity index (χ0) is 14.8. The lowest BCUT2D eigenvalue weighted by Crippen LogP contribution is -2.15. The van der Waals surface area contributed by atoms with Crippen molar-refractivity contribution in [1.82, 2.24) is 14.8 Å². The standard InChI is InChI=1S/C16H19N3O2/c1-11-14-8-13(9-17-15(14)19(2)18-11)16(20)21-10-12-6-4-3-5-7-12/h3-4,8-9,12H,5-7,10H2,1-2H3. The minimum Gasteiger partial charge on any atom is -0.462 e. The Bertz CT molecular complexity index is 703. The number of fused-ring (bicyclic) bond motifs is 1. The van der Waals surface area contributed by atoms with Crippen molar-refractivity contribution in [1.29, 1.82) is 0 Å². The third-order valence-corrected chi connectivity index (χ3v) is 3.93. The predicted octanol–water partition coefficient (Wildman–Crippen LogP) is 2.79. The zero-order valence-electron chi connectivity index (χ0n) is 12.4. The molecule has 1 atom stereocenters. The quantitative estimate of drug-likeness (QED) is 0.642. The number of aromatic nitrogens is 3. The first-order valence-electron chi connectivity index (χ1n) is 7.26. The molecule has 110 valence electrons. The first kappa shape index (κ1) is 13.8. The summed E-state index contributed by atoms with van der Waals surface area (Å²) >= 11 is 0. The van der Waals surface area contributed by atoms with Crippen LogP contribution in [0.3, 0.4) is 0 Å². The van der Waals surface area contributed by atoms with Gasteiger partial charge in [-0.1, -0.05) is 12.2 Å². The number of carbonyl (C=O) groups excluding carboxylic acids is 1. The van der Waals surface area contributed by atoms with Crippen LogP contribution >= 0.6 is 0 Å². The van der Waals surface area contributed by atoms with E-state index in [-0.39, 0.29) is 5.97 Å². The average Bonchev–Trinajstić information content (AvgIpc) is 2.80. The summed E-state index contributed by atoms with van der Waals surface area (Å²) in [6, 6.07) is 1.81. The Balaban J connectivity index is 1.72. The number of aryl methyl sites for hydroxylation is 2. The van der Waals surface area contributed by atoms with Gasteiger partial charge < -0.3 is 4.74 Å². The van der Waals surface area contributed by atoms with Crippen LogP contribution < -0.4 is 0 Å². The summed E-state index contributed by atoms with van der Waals surface area (Å²) in [5, 5.41) is 5.20. The van der Waals surface area contributed by atoms with Crippen LogP contribution in [-0.2, 0) is 11.8 Å². The number of carbonyl (C=O) groups is 1. The molecule has 2 aromatic heterocycles. The molecule has 1 unspecified atom stereocenters. The molecular weight excluding hydrogens is 266 g/mol. The third kappa shape index (κ3) is 2.82. The summed E-state index contributed by atoms with van der Waals surface area (Å²) in [6.45, 7) is 2.39. The Hall–Kier alpha value is -2.17. The number of allylic oxidation sites excluding steroid dienone is 2. The number of rotatable bonds is 3. The second-order valence-electron chi connectivity index (χ2n) is 5.55. The van der Waals surface area contributed by atoms with E-state index in [2.05, 4.69) is 22.2 Å². The van der Waals surface area contributed by atoms with Crippen molar-refractivity contribution in [2.45, 2.75) is 26.2 Å². The van der Waals surface area contributed by atoms with Crippen LogP contribution in [0, 0.1) is 12.8 Å². The molecule has 0 radical (unpaired) electrons. The first-order chi connectivity index (χ1) is 10.1. The Morgan fingerprint density at radius 1 is 1.48 bits per heavy atom. The molecule has 0 saturated heterocycles. The van der Waals surface area contributed by atoms with E-state index in [4.69, 9.17) is 4.74 Å². The largest absolute Gasteiger partial charge is 0.462 e. The van der Waals surface area contributed by atoms with Crippen LogP contribution in [0.1, 0.15) is 35.3 Å². The van der Waals surface area contributed by atoms with Crippen molar-refractivity contribution in [3.05, 3.63) is 35.7 Å². The third-order valence-electron chi connectivity index (χ3n) is 3.93. The van der Waals surface area contributed by atoms with Crippen molar-refractivity contribution < 1.29 is 9.53 Å². The van der Waals surface area contributed by atoms with Gasteiger partial charge in [-0.15, -0.1) is 0 Å². The minimum absolute atomic E-state index is 0.304. The van der Waals surface area contributed by atoms with Crippen LogP contribution in [0.25, 0.3) is 11.0 Å². The number of ether oxygens (including phenoxy) is 1. The first-order valence-corrected chi connectivity index (χ1v) is 7.26. The highest BCUT2D eigenvalue weighted by Gasteiger charge is 2.16. The normalized spacial score (nSPS) is 18.1. The molecular formula is C16H19N3O2. The molecule has 3 rings (SSSR count). The number of nitrogens with zero attached hydrogens (tertiary/aromatic N) is 3. The van der Waals surface area contributed by atoms with Crippen molar-refractivity contribution in [3.63, 3.8) is 0 Å². The molecule has 1 aliphatic rings. The van der Waals surface area contributed by atoms with Gasteiger partial charge in [0.25, 0.3) is 0 Å². The van der Waals surface area contributed by atoms with Gasteiger partial charge >= 0.3 is 5.97 Å². The van der Waals surface area contributed by atoms with Crippen molar-refractivity contribution >= 4 is 17.0 Å². The zero-order valence-corrected chi connectivity index (χ0v) is 12.4. The topological polar surface area (TPSA) is 57.0 Å². The number of esters is 1. The van der Waals surface area contributed by atoms with Gasteiger partial charge in [-0.3, -0.25) is 4.68 Å². The van der Waals surface area contributed by atoms with Gasteiger partial charge in [-0.2, -0.15) is 5.10 Å². The average molecular weight is 285 g/mol. The molecule has 21 heavy (non-hydrogen) atoms. The molecule has 0 aliphatic heterocycles. The lowest BCUT2D eigenvalue weighted by molar-refractivity contribution is 0.0432. The van der Waals surface area contributed by atoms with Crippen LogP contribution in [0.4, 0.5) is 0 Å². The van der Waals surface area contributed by atoms with Crippen LogP contribution in [-0.4, -0.2) is 27.3 Å². The van der Waals surface area contributed by atoms with Gasteiger partial charge in [0.15, 0.2) is 5.65 Å². The lowest BCUT2D eigenvalue weighted by Gasteiger charge is -2.17. The van der Waals surface area contributed by atoms with E-state index in [1.807, 2.05) is 20.0 Å². The number of hydrogen-bond acceptors (Lipinski definition) is 4. The van der Waals surface area contributed by atoms with Crippen LogP contribution in [0.15, 0.2) is 24.4 Å². The van der Waals surface area contributed by atoms with Gasteiger partial charge in [0.2, 0.25) is 0 Å². The second-order valence-corrected chi connectivity index (χ2v) is 5.55. The Labute approximate surface area is 123 Å². The molecule has 5 nitrogen and oxygen atoms in total. The predicted molar refractivity (Wildman–Crippen MR) is 80.0 cm³/mol. The summed E-state index contributed by atoms with van der Waals surface area (Å²) in [5.74, 6) is 0.137. The Kier molecular flexibility index (Phi) is 3.73. The summed E-state index contributed by atoms with van der Waals surface area (Å²) in [7, 11) is 1.84. The molecule has 1 aliphatic carbocycles. The molecule has 0 saturated carbocycles.